The average molecular weight is 254 g/mol. The first-order chi connectivity index (χ1) is 8.47. The molecule has 0 amide bonds. The van der Waals surface area contributed by atoms with Gasteiger partial charge in [0.15, 0.2) is 0 Å². The molecule has 0 aliphatic rings. The molecule has 0 saturated heterocycles. The maximum Gasteiger partial charge on any atom is 0.299 e. The van der Waals surface area contributed by atoms with Crippen LogP contribution in [0.3, 0.4) is 0 Å². The van der Waals surface area contributed by atoms with E-state index in [9.17, 15) is 20.2 Å². The highest BCUT2D eigenvalue weighted by atomic mass is 16.6. The van der Waals surface area contributed by atoms with Gasteiger partial charge in [0.05, 0.1) is 15.9 Å². The van der Waals surface area contributed by atoms with Gasteiger partial charge < -0.3 is 10.2 Å². The number of rotatable bonds is 6. The van der Waals surface area contributed by atoms with Crippen molar-refractivity contribution in [3.8, 4) is 0 Å². The second-order valence-corrected chi connectivity index (χ2v) is 3.71. The summed E-state index contributed by atoms with van der Waals surface area (Å²) in [6.45, 7) is 1.22. The van der Waals surface area contributed by atoms with E-state index in [1.165, 1.54) is 12.1 Å². The van der Waals surface area contributed by atoms with Crippen molar-refractivity contribution in [1.29, 1.82) is 0 Å². The number of nitro groups is 2. The summed E-state index contributed by atoms with van der Waals surface area (Å²) in [5, 5.41) is 24.4. The molecule has 0 radical (unpaired) electrons. The summed E-state index contributed by atoms with van der Waals surface area (Å²) in [6.07, 6.45) is 0. The highest BCUT2D eigenvalue weighted by molar-refractivity contribution is 5.66. The van der Waals surface area contributed by atoms with Crippen LogP contribution in [0.25, 0.3) is 0 Å². The van der Waals surface area contributed by atoms with Crippen LogP contribution in [0.15, 0.2) is 18.2 Å². The van der Waals surface area contributed by atoms with E-state index < -0.39 is 9.85 Å². The molecule has 8 nitrogen and oxygen atoms in total. The van der Waals surface area contributed by atoms with Gasteiger partial charge >= 0.3 is 0 Å². The van der Waals surface area contributed by atoms with Gasteiger partial charge in [-0.3, -0.25) is 20.2 Å². The lowest BCUT2D eigenvalue weighted by Crippen LogP contribution is -2.27. The van der Waals surface area contributed by atoms with Crippen LogP contribution < -0.4 is 10.2 Å². The van der Waals surface area contributed by atoms with Crippen molar-refractivity contribution in [2.45, 2.75) is 0 Å². The highest BCUT2D eigenvalue weighted by Gasteiger charge is 2.21. The first kappa shape index (κ1) is 13.8. The number of non-ortho nitro benzene ring substituents is 1. The van der Waals surface area contributed by atoms with E-state index in [-0.39, 0.29) is 11.4 Å². The summed E-state index contributed by atoms with van der Waals surface area (Å²) < 4.78 is 0. The minimum atomic E-state index is -0.648. The molecular formula is C10H14N4O4. The zero-order chi connectivity index (χ0) is 13.7. The maximum absolute atomic E-state index is 10.9. The van der Waals surface area contributed by atoms with Crippen LogP contribution in [-0.2, 0) is 0 Å². The van der Waals surface area contributed by atoms with Crippen LogP contribution in [0, 0.1) is 20.2 Å². The summed E-state index contributed by atoms with van der Waals surface area (Å²) >= 11 is 0. The van der Waals surface area contributed by atoms with Gasteiger partial charge in [-0.2, -0.15) is 0 Å². The minimum absolute atomic E-state index is 0.261. The lowest BCUT2D eigenvalue weighted by Gasteiger charge is -2.18. The number of nitrogens with zero attached hydrogens (tertiary/aromatic N) is 3. The van der Waals surface area contributed by atoms with Gasteiger partial charge in [-0.1, -0.05) is 0 Å². The van der Waals surface area contributed by atoms with Crippen molar-refractivity contribution in [2.75, 3.05) is 32.1 Å². The van der Waals surface area contributed by atoms with Gasteiger partial charge in [0.1, 0.15) is 5.69 Å². The van der Waals surface area contributed by atoms with Crippen molar-refractivity contribution in [1.82, 2.24) is 5.32 Å². The van der Waals surface area contributed by atoms with Crippen molar-refractivity contribution in [3.63, 3.8) is 0 Å². The van der Waals surface area contributed by atoms with E-state index in [2.05, 4.69) is 5.32 Å². The Kier molecular flexibility index (Phi) is 4.55. The third-order valence-corrected chi connectivity index (χ3v) is 2.47. The second kappa shape index (κ2) is 5.92. The Morgan fingerprint density at radius 2 is 1.94 bits per heavy atom. The number of benzene rings is 1. The number of likely N-dealkylation sites (N-methyl/N-ethyl adjacent to an activating group) is 2. The van der Waals surface area contributed by atoms with Crippen molar-refractivity contribution >= 4 is 17.1 Å². The Morgan fingerprint density at radius 3 is 2.44 bits per heavy atom. The summed E-state index contributed by atoms with van der Waals surface area (Å²) in [4.78, 5) is 21.9. The summed E-state index contributed by atoms with van der Waals surface area (Å²) in [5.41, 5.74) is -0.184. The molecule has 0 bridgehead atoms. The topological polar surface area (TPSA) is 102 Å². The molecule has 8 heteroatoms. The van der Waals surface area contributed by atoms with Gasteiger partial charge in [-0.05, 0) is 13.1 Å². The largest absolute Gasteiger partial charge is 0.368 e. The molecule has 0 unspecified atom stereocenters. The molecule has 0 heterocycles. The lowest BCUT2D eigenvalue weighted by atomic mass is 10.2. The van der Waals surface area contributed by atoms with Crippen LogP contribution in [0.4, 0.5) is 17.1 Å². The highest BCUT2D eigenvalue weighted by Crippen LogP contribution is 2.30. The molecule has 0 aromatic heterocycles. The Morgan fingerprint density at radius 1 is 1.28 bits per heavy atom. The molecule has 0 aliphatic heterocycles. The molecule has 1 rings (SSSR count). The first-order valence-electron chi connectivity index (χ1n) is 5.26. The first-order valence-corrected chi connectivity index (χ1v) is 5.26. The van der Waals surface area contributed by atoms with Gasteiger partial charge in [0, 0.05) is 26.2 Å². The van der Waals surface area contributed by atoms with Crippen LogP contribution in [0.1, 0.15) is 0 Å². The summed E-state index contributed by atoms with van der Waals surface area (Å²) in [7, 11) is 3.48. The third-order valence-electron chi connectivity index (χ3n) is 2.47. The monoisotopic (exact) mass is 254 g/mol. The van der Waals surface area contributed by atoms with Gasteiger partial charge in [0.2, 0.25) is 0 Å². The van der Waals surface area contributed by atoms with E-state index >= 15 is 0 Å². The van der Waals surface area contributed by atoms with Gasteiger partial charge in [-0.15, -0.1) is 0 Å². The van der Waals surface area contributed by atoms with Crippen molar-refractivity contribution in [2.24, 2.45) is 0 Å². The Balaban J connectivity index is 3.11. The summed E-state index contributed by atoms with van der Waals surface area (Å²) in [5.74, 6) is 0. The molecule has 1 aromatic carbocycles. The smallest absolute Gasteiger partial charge is 0.299 e. The zero-order valence-electron chi connectivity index (χ0n) is 10.1. The second-order valence-electron chi connectivity index (χ2n) is 3.71. The zero-order valence-corrected chi connectivity index (χ0v) is 10.1. The Labute approximate surface area is 104 Å². The number of hydrogen-bond acceptors (Lipinski definition) is 6. The molecule has 0 atom stereocenters. The van der Waals surface area contributed by atoms with E-state index in [0.717, 1.165) is 6.07 Å². The van der Waals surface area contributed by atoms with Crippen LogP contribution in [0.2, 0.25) is 0 Å². The van der Waals surface area contributed by atoms with E-state index in [1.54, 1.807) is 19.0 Å². The molecule has 0 aliphatic carbocycles. The molecule has 98 valence electrons. The van der Waals surface area contributed by atoms with Crippen LogP contribution >= 0.6 is 0 Å². The van der Waals surface area contributed by atoms with E-state index in [1.807, 2.05) is 0 Å². The normalized spacial score (nSPS) is 10.1. The lowest BCUT2D eigenvalue weighted by molar-refractivity contribution is -0.393. The SMILES string of the molecule is CNCCN(C)c1ccc([N+](=O)[O-])cc1[N+](=O)[O-]. The predicted octanol–water partition coefficient (Wildman–Crippen LogP) is 1.16. The van der Waals surface area contributed by atoms with Crippen LogP contribution in [-0.4, -0.2) is 37.0 Å². The minimum Gasteiger partial charge on any atom is -0.368 e. The molecule has 1 N–H and O–H groups in total. The Bertz CT molecular complexity index is 463. The third kappa shape index (κ3) is 3.14. The van der Waals surface area contributed by atoms with Gasteiger partial charge in [-0.25, -0.2) is 0 Å². The fourth-order valence-electron chi connectivity index (χ4n) is 1.49. The fraction of sp³-hybridized carbons (Fsp3) is 0.400. The van der Waals surface area contributed by atoms with E-state index in [0.29, 0.717) is 18.8 Å². The molecule has 0 fully saturated rings. The molecule has 1 aromatic rings. The number of nitrogens with one attached hydrogen (secondary N) is 1. The molecular weight excluding hydrogens is 240 g/mol. The number of nitro benzene ring substituents is 2. The van der Waals surface area contributed by atoms with Crippen LogP contribution in [0.5, 0.6) is 0 Å². The standard InChI is InChI=1S/C10H14N4O4/c1-11-5-6-12(2)9-4-3-8(13(15)16)7-10(9)14(17)18/h3-4,7,11H,5-6H2,1-2H3. The van der Waals surface area contributed by atoms with E-state index in [4.69, 9.17) is 0 Å². The number of hydrogen-bond donors (Lipinski definition) is 1. The average Bonchev–Trinajstić information content (AvgIpc) is 2.34. The van der Waals surface area contributed by atoms with Crippen molar-refractivity contribution < 1.29 is 9.85 Å². The summed E-state index contributed by atoms with van der Waals surface area (Å²) in [6, 6.07) is 3.63. The van der Waals surface area contributed by atoms with Gasteiger partial charge in [0.25, 0.3) is 11.4 Å². The maximum atomic E-state index is 10.9. The van der Waals surface area contributed by atoms with Crippen molar-refractivity contribution in [3.05, 3.63) is 38.4 Å². The molecule has 18 heavy (non-hydrogen) atoms. The molecule has 0 spiro atoms. The quantitative estimate of drug-likeness (QED) is 0.603. The molecule has 0 saturated carbocycles. The number of anilines is 1. The fourth-order valence-corrected chi connectivity index (χ4v) is 1.49. The Hall–Kier alpha value is -2.22. The predicted molar refractivity (Wildman–Crippen MR) is 66.9 cm³/mol.